The molecular formula is C36H24HfN2. The molecule has 0 N–H and O–H groups in total. The molecule has 8 rings (SSSR count). The Morgan fingerprint density at radius 1 is 0.462 bits per heavy atom. The van der Waals surface area contributed by atoms with Crippen molar-refractivity contribution >= 4 is 44.8 Å². The first kappa shape index (κ1) is 23.0. The van der Waals surface area contributed by atoms with Crippen LogP contribution in [-0.4, -0.2) is 9.97 Å². The molecule has 0 spiro atoms. The van der Waals surface area contributed by atoms with Crippen molar-refractivity contribution in [2.24, 2.45) is 0 Å². The van der Waals surface area contributed by atoms with Gasteiger partial charge < -0.3 is 0 Å². The third-order valence-corrected chi connectivity index (χ3v) is 15.0. The van der Waals surface area contributed by atoms with Crippen LogP contribution < -0.4 is 0 Å². The maximum atomic E-state index is 4.85. The number of benzene rings is 4. The summed E-state index contributed by atoms with van der Waals surface area (Å²) >= 11 is -1.48. The summed E-state index contributed by atoms with van der Waals surface area (Å²) in [6.45, 7) is 0. The molecule has 0 amide bonds. The number of nitrogens with zero attached hydrogens (tertiary/aromatic N) is 2. The molecule has 2 unspecified atom stereocenters. The maximum absolute atomic E-state index is 4.85. The van der Waals surface area contributed by atoms with Crippen LogP contribution in [0, 0.1) is 0 Å². The molecule has 2 heterocycles. The number of rotatable bonds is 4. The van der Waals surface area contributed by atoms with Gasteiger partial charge in [0.25, 0.3) is 0 Å². The molecule has 0 radical (unpaired) electrons. The molecule has 6 aromatic rings. The van der Waals surface area contributed by atoms with Crippen molar-refractivity contribution in [2.75, 3.05) is 0 Å². The molecule has 0 bridgehead atoms. The summed E-state index contributed by atoms with van der Waals surface area (Å²) in [6.07, 6.45) is 8.74. The van der Waals surface area contributed by atoms with Gasteiger partial charge in [0.2, 0.25) is 0 Å². The molecule has 0 saturated carbocycles. The molecule has 2 aliphatic carbocycles. The first-order chi connectivity index (χ1) is 19.3. The quantitative estimate of drug-likeness (QED) is 0.177. The zero-order chi connectivity index (χ0) is 25.8. The van der Waals surface area contributed by atoms with Crippen molar-refractivity contribution in [3.05, 3.63) is 155 Å². The molecule has 2 nitrogen and oxygen atoms in total. The van der Waals surface area contributed by atoms with Crippen LogP contribution in [0.3, 0.4) is 0 Å². The normalized spacial score (nSPS) is 17.5. The fourth-order valence-corrected chi connectivity index (χ4v) is 13.5. The Labute approximate surface area is 239 Å². The summed E-state index contributed by atoms with van der Waals surface area (Å²) in [6, 6.07) is 39.6. The summed E-state index contributed by atoms with van der Waals surface area (Å²) in [7, 11) is 0. The zero-order valence-electron chi connectivity index (χ0n) is 21.3. The summed E-state index contributed by atoms with van der Waals surface area (Å²) in [5.74, 6) is 0. The summed E-state index contributed by atoms with van der Waals surface area (Å²) in [5.41, 5.74) is 10.7. The van der Waals surface area contributed by atoms with E-state index in [1.54, 1.807) is 0 Å². The minimum atomic E-state index is -1.48. The summed E-state index contributed by atoms with van der Waals surface area (Å²) < 4.78 is 0.850. The Morgan fingerprint density at radius 3 is 1.38 bits per heavy atom. The van der Waals surface area contributed by atoms with E-state index in [9.17, 15) is 0 Å². The predicted octanol–water partition coefficient (Wildman–Crippen LogP) is 8.76. The van der Waals surface area contributed by atoms with E-state index in [0.717, 1.165) is 11.4 Å². The fourth-order valence-electron chi connectivity index (χ4n) is 6.30. The Balaban J connectivity index is 1.31. The van der Waals surface area contributed by atoms with Crippen molar-refractivity contribution in [3.8, 4) is 0 Å². The van der Waals surface area contributed by atoms with Crippen molar-refractivity contribution in [1.82, 2.24) is 9.97 Å². The SMILES string of the molecule is C1=C(c2ccccn2)[CH]([Hf][CH]2C(c3ccccn3)=Cc3c2ccc2ccccc32)c2ccc3ccccc3c21. The van der Waals surface area contributed by atoms with E-state index >= 15 is 0 Å². The standard InChI is InChI=1S/2C18H12N.Hf/c2*1-2-6-16-13(5-1)8-9-14-11-15(12-17(14)16)18-7-3-4-10-19-18;/h2*1-12H;. The second-order valence-electron chi connectivity index (χ2n) is 10.2. The van der Waals surface area contributed by atoms with Gasteiger partial charge in [0.05, 0.1) is 0 Å². The van der Waals surface area contributed by atoms with Crippen molar-refractivity contribution in [1.29, 1.82) is 0 Å². The molecule has 4 aromatic carbocycles. The summed E-state index contributed by atoms with van der Waals surface area (Å²) in [4.78, 5) is 9.69. The Hall–Kier alpha value is -3.95. The first-order valence-electron chi connectivity index (χ1n) is 13.4. The van der Waals surface area contributed by atoms with Crippen LogP contribution in [-0.2, 0) is 22.9 Å². The van der Waals surface area contributed by atoms with Gasteiger partial charge in [0, 0.05) is 0 Å². The number of aromatic nitrogens is 2. The van der Waals surface area contributed by atoms with Gasteiger partial charge in [-0.2, -0.15) is 0 Å². The Kier molecular flexibility index (Phi) is 5.51. The van der Waals surface area contributed by atoms with Gasteiger partial charge in [-0.1, -0.05) is 0 Å². The van der Waals surface area contributed by atoms with E-state index in [4.69, 9.17) is 9.97 Å². The number of allylic oxidation sites excluding steroid dienone is 2. The van der Waals surface area contributed by atoms with Crippen molar-refractivity contribution < 1.29 is 22.9 Å². The van der Waals surface area contributed by atoms with Gasteiger partial charge in [-0.3, -0.25) is 0 Å². The minimum absolute atomic E-state index is 0.425. The Bertz CT molecular complexity index is 1800. The van der Waals surface area contributed by atoms with Crippen LogP contribution in [0.4, 0.5) is 0 Å². The van der Waals surface area contributed by atoms with Crippen LogP contribution in [0.1, 0.15) is 41.0 Å². The molecule has 0 saturated heterocycles. The van der Waals surface area contributed by atoms with Gasteiger partial charge in [0.1, 0.15) is 0 Å². The number of hydrogen-bond donors (Lipinski definition) is 0. The molecule has 2 aromatic heterocycles. The van der Waals surface area contributed by atoms with Crippen molar-refractivity contribution in [2.45, 2.75) is 7.35 Å². The van der Waals surface area contributed by atoms with E-state index in [-0.39, 0.29) is 0 Å². The Morgan fingerprint density at radius 2 is 0.923 bits per heavy atom. The van der Waals surface area contributed by atoms with Gasteiger partial charge in [-0.05, 0) is 0 Å². The second kappa shape index (κ2) is 9.36. The average Bonchev–Trinajstić information content (AvgIpc) is 3.57. The molecule has 39 heavy (non-hydrogen) atoms. The van der Waals surface area contributed by atoms with E-state index in [1.807, 2.05) is 24.5 Å². The molecule has 0 aliphatic heterocycles. The molecule has 182 valence electrons. The van der Waals surface area contributed by atoms with Gasteiger partial charge >= 0.3 is 240 Å². The van der Waals surface area contributed by atoms with Crippen LogP contribution in [0.15, 0.2) is 122 Å². The van der Waals surface area contributed by atoms with Crippen LogP contribution in [0.5, 0.6) is 0 Å². The molecule has 2 aliphatic rings. The number of hydrogen-bond acceptors (Lipinski definition) is 2. The topological polar surface area (TPSA) is 25.8 Å². The van der Waals surface area contributed by atoms with Gasteiger partial charge in [-0.25, -0.2) is 0 Å². The van der Waals surface area contributed by atoms with E-state index < -0.39 is 22.9 Å². The number of pyridine rings is 2. The second-order valence-corrected chi connectivity index (χ2v) is 15.6. The molecule has 0 fully saturated rings. The third-order valence-electron chi connectivity index (χ3n) is 8.11. The zero-order valence-corrected chi connectivity index (χ0v) is 24.8. The van der Waals surface area contributed by atoms with E-state index in [0.29, 0.717) is 7.35 Å². The van der Waals surface area contributed by atoms with Gasteiger partial charge in [-0.15, -0.1) is 0 Å². The first-order valence-corrected chi connectivity index (χ1v) is 17.6. The molecule has 2 atom stereocenters. The molecular weight excluding hydrogens is 639 g/mol. The summed E-state index contributed by atoms with van der Waals surface area (Å²) in [5, 5.41) is 5.28. The van der Waals surface area contributed by atoms with Crippen molar-refractivity contribution in [3.63, 3.8) is 0 Å². The monoisotopic (exact) mass is 664 g/mol. The van der Waals surface area contributed by atoms with Gasteiger partial charge in [0.15, 0.2) is 0 Å². The average molecular weight is 663 g/mol. The fraction of sp³-hybridized carbons (Fsp3) is 0.0556. The van der Waals surface area contributed by atoms with Crippen LogP contribution in [0.2, 0.25) is 0 Å². The molecule has 3 heteroatoms. The van der Waals surface area contributed by atoms with E-state index in [2.05, 4.69) is 109 Å². The van der Waals surface area contributed by atoms with E-state index in [1.165, 1.54) is 54.9 Å². The third kappa shape index (κ3) is 3.79. The predicted molar refractivity (Wildman–Crippen MR) is 158 cm³/mol. The van der Waals surface area contributed by atoms with Crippen LogP contribution >= 0.6 is 0 Å². The number of fused-ring (bicyclic) bond motifs is 6. The van der Waals surface area contributed by atoms with Crippen LogP contribution in [0.25, 0.3) is 44.8 Å².